The zero-order chi connectivity index (χ0) is 29.8. The van der Waals surface area contributed by atoms with Gasteiger partial charge in [0.1, 0.15) is 22.3 Å². The van der Waals surface area contributed by atoms with Crippen LogP contribution in [0.3, 0.4) is 0 Å². The van der Waals surface area contributed by atoms with Gasteiger partial charge in [0.15, 0.2) is 17.5 Å². The Balaban J connectivity index is 1.37. The molecule has 1 aliphatic heterocycles. The van der Waals surface area contributed by atoms with Crippen LogP contribution in [0.1, 0.15) is 36.6 Å². The molecule has 3 aromatic carbocycles. The number of fused-ring (bicyclic) bond motifs is 2. The number of imidazole rings is 1. The lowest BCUT2D eigenvalue weighted by Gasteiger charge is -2.36. The van der Waals surface area contributed by atoms with Crippen LogP contribution in [0.25, 0.3) is 22.3 Å². The number of nitrogens with one attached hydrogen (secondary N) is 2. The van der Waals surface area contributed by atoms with E-state index in [9.17, 15) is 17.8 Å². The van der Waals surface area contributed by atoms with E-state index in [1.165, 1.54) is 12.3 Å². The van der Waals surface area contributed by atoms with E-state index in [-0.39, 0.29) is 33.6 Å². The molecule has 6 rings (SSSR count). The van der Waals surface area contributed by atoms with Crippen LogP contribution in [-0.4, -0.2) is 36.8 Å². The molecule has 0 bridgehead atoms. The van der Waals surface area contributed by atoms with Crippen molar-refractivity contribution in [2.45, 2.75) is 41.4 Å². The van der Waals surface area contributed by atoms with E-state index < -0.39 is 50.3 Å². The minimum atomic E-state index is -2.53. The van der Waals surface area contributed by atoms with Gasteiger partial charge in [0.05, 0.1) is 28.5 Å². The van der Waals surface area contributed by atoms with Crippen LogP contribution in [-0.2, 0) is 27.4 Å². The van der Waals surface area contributed by atoms with Crippen molar-refractivity contribution in [2.24, 2.45) is 0 Å². The number of carbonyl (C=O) groups is 1. The third-order valence-corrected chi connectivity index (χ3v) is 9.12. The van der Waals surface area contributed by atoms with Gasteiger partial charge in [-0.15, -0.1) is 0 Å². The first-order valence-electron chi connectivity index (χ1n) is 13.0. The molecule has 2 atom stereocenters. The molecular weight excluding hydrogens is 574 g/mol. The van der Waals surface area contributed by atoms with Gasteiger partial charge in [-0.3, -0.25) is 4.79 Å². The lowest BCUT2D eigenvalue weighted by molar-refractivity contribution is -0.136. The summed E-state index contributed by atoms with van der Waals surface area (Å²) in [6, 6.07) is 10.0. The van der Waals surface area contributed by atoms with Gasteiger partial charge >= 0.3 is 5.97 Å². The molecule has 3 heterocycles. The van der Waals surface area contributed by atoms with E-state index in [0.717, 1.165) is 29.3 Å². The molecule has 0 aliphatic carbocycles. The minimum Gasteiger partial charge on any atom is -0.493 e. The molecule has 3 N–H and O–H groups in total. The van der Waals surface area contributed by atoms with Gasteiger partial charge < -0.3 is 19.8 Å². The van der Waals surface area contributed by atoms with Gasteiger partial charge in [0.2, 0.25) is 0 Å². The quantitative estimate of drug-likeness (QED) is 0.149. The summed E-state index contributed by atoms with van der Waals surface area (Å²) in [7, 11) is -2.53. The third kappa shape index (κ3) is 4.46. The molecule has 1 unspecified atom stereocenters. The van der Waals surface area contributed by atoms with Crippen molar-refractivity contribution < 1.29 is 36.4 Å². The van der Waals surface area contributed by atoms with Gasteiger partial charge in [0, 0.05) is 45.8 Å². The number of nitrogens with zero attached hydrogens (tertiary/aromatic N) is 1. The maximum absolute atomic E-state index is 15.1. The number of aliphatic carboxylic acids is 1. The standard InChI is InChI=1S/C30H23F4N3O4S/c1-30(10-12-41-27-15(5-8-22(38)39)3-2-4-19(27)30)21-14-36-29(37-21)18-13-16(6-7-20(18)31)42(40)28-23(32)17-9-11-35-26(17)24(33)25(28)34/h2-4,6-7,9,11,13-14,35H,5,8,10,12H2,1H3,(H,36,37)(H,38,39)/t30-,42?/m1/s1. The Bertz CT molecular complexity index is 1900. The fourth-order valence-corrected chi connectivity index (χ4v) is 6.56. The summed E-state index contributed by atoms with van der Waals surface area (Å²) in [5.41, 5.74) is 1.07. The number of para-hydroxylation sites is 1. The molecule has 7 nitrogen and oxygen atoms in total. The Morgan fingerprint density at radius 3 is 2.71 bits per heavy atom. The predicted octanol–water partition coefficient (Wildman–Crippen LogP) is 6.39. The normalized spacial score (nSPS) is 17.2. The number of ether oxygens (including phenoxy) is 1. The lowest BCUT2D eigenvalue weighted by atomic mass is 9.74. The Morgan fingerprint density at radius 1 is 1.12 bits per heavy atom. The SMILES string of the molecule is C[C@@]1(c2cnc(-c3cc(S(=O)c4c(F)c(F)c5[nH]ccc5c4F)ccc3F)[nH]2)CCOc2c(CCC(=O)O)cccc21. The zero-order valence-corrected chi connectivity index (χ0v) is 22.9. The molecule has 0 spiro atoms. The fraction of sp³-hybridized carbons (Fsp3) is 0.200. The maximum atomic E-state index is 15.1. The summed E-state index contributed by atoms with van der Waals surface area (Å²) in [4.78, 5) is 19.9. The van der Waals surface area contributed by atoms with Crippen molar-refractivity contribution in [3.8, 4) is 17.1 Å². The molecule has 2 aromatic heterocycles. The Hall–Kier alpha value is -4.45. The number of H-pyrrole nitrogens is 2. The van der Waals surface area contributed by atoms with Crippen molar-refractivity contribution in [3.63, 3.8) is 0 Å². The van der Waals surface area contributed by atoms with Crippen molar-refractivity contribution in [2.75, 3.05) is 6.61 Å². The number of aromatic nitrogens is 3. The van der Waals surface area contributed by atoms with Crippen LogP contribution < -0.4 is 4.74 Å². The number of aromatic amines is 2. The Morgan fingerprint density at radius 2 is 1.93 bits per heavy atom. The second kappa shape index (κ2) is 10.4. The van der Waals surface area contributed by atoms with E-state index in [0.29, 0.717) is 30.9 Å². The summed E-state index contributed by atoms with van der Waals surface area (Å²) in [6.45, 7) is 2.32. The molecule has 216 valence electrons. The van der Waals surface area contributed by atoms with Crippen molar-refractivity contribution >= 4 is 27.7 Å². The summed E-state index contributed by atoms with van der Waals surface area (Å²) >= 11 is 0. The van der Waals surface area contributed by atoms with E-state index in [1.807, 2.05) is 25.1 Å². The molecule has 0 radical (unpaired) electrons. The third-order valence-electron chi connectivity index (χ3n) is 7.70. The molecular formula is C30H23F4N3O4S. The van der Waals surface area contributed by atoms with Crippen molar-refractivity contribution in [1.82, 2.24) is 15.0 Å². The molecule has 1 aliphatic rings. The number of hydrogen-bond donors (Lipinski definition) is 3. The van der Waals surface area contributed by atoms with Gasteiger partial charge in [-0.25, -0.2) is 26.8 Å². The highest BCUT2D eigenvalue weighted by atomic mass is 32.2. The van der Waals surface area contributed by atoms with E-state index in [4.69, 9.17) is 9.84 Å². The molecule has 0 saturated carbocycles. The highest BCUT2D eigenvalue weighted by molar-refractivity contribution is 7.85. The largest absolute Gasteiger partial charge is 0.493 e. The molecule has 5 aromatic rings. The Labute approximate surface area is 239 Å². The number of carboxylic acid groups (broad SMARTS) is 1. The first kappa shape index (κ1) is 27.7. The van der Waals surface area contributed by atoms with Crippen LogP contribution in [0.5, 0.6) is 5.75 Å². The predicted molar refractivity (Wildman–Crippen MR) is 146 cm³/mol. The van der Waals surface area contributed by atoms with Crippen LogP contribution in [0, 0.1) is 23.3 Å². The van der Waals surface area contributed by atoms with E-state index >= 15 is 8.78 Å². The minimum absolute atomic E-state index is 0.0544. The summed E-state index contributed by atoms with van der Waals surface area (Å²) in [5, 5.41) is 8.87. The maximum Gasteiger partial charge on any atom is 0.303 e. The smallest absolute Gasteiger partial charge is 0.303 e. The van der Waals surface area contributed by atoms with Gasteiger partial charge in [-0.1, -0.05) is 18.2 Å². The summed E-state index contributed by atoms with van der Waals surface area (Å²) < 4.78 is 78.8. The summed E-state index contributed by atoms with van der Waals surface area (Å²) in [5.74, 6) is -5.10. The van der Waals surface area contributed by atoms with Crippen LogP contribution in [0.2, 0.25) is 0 Å². The second-order valence-electron chi connectivity index (χ2n) is 10.2. The number of aryl methyl sites for hydroxylation is 1. The average Bonchev–Trinajstić information content (AvgIpc) is 3.67. The zero-order valence-electron chi connectivity index (χ0n) is 22.1. The highest BCUT2D eigenvalue weighted by Crippen LogP contribution is 2.45. The summed E-state index contributed by atoms with van der Waals surface area (Å²) in [6.07, 6.45) is 3.57. The molecule has 0 saturated heterocycles. The Kier molecular flexibility index (Phi) is 6.88. The van der Waals surface area contributed by atoms with Crippen molar-refractivity contribution in [1.29, 1.82) is 0 Å². The molecule has 0 fully saturated rings. The van der Waals surface area contributed by atoms with Crippen LogP contribution in [0.15, 0.2) is 64.6 Å². The number of benzene rings is 3. The molecule has 0 amide bonds. The number of carboxylic acids is 1. The number of halogens is 4. The number of hydrogen-bond acceptors (Lipinski definition) is 4. The average molecular weight is 598 g/mol. The van der Waals surface area contributed by atoms with Crippen LogP contribution in [0.4, 0.5) is 17.6 Å². The van der Waals surface area contributed by atoms with Gasteiger partial charge in [-0.2, -0.15) is 0 Å². The van der Waals surface area contributed by atoms with E-state index in [1.54, 1.807) is 6.20 Å². The lowest BCUT2D eigenvalue weighted by Crippen LogP contribution is -2.32. The van der Waals surface area contributed by atoms with Gasteiger partial charge in [-0.05, 0) is 49.6 Å². The molecule has 42 heavy (non-hydrogen) atoms. The topological polar surface area (TPSA) is 108 Å². The first-order valence-corrected chi connectivity index (χ1v) is 14.1. The first-order chi connectivity index (χ1) is 20.1. The number of rotatable bonds is 7. The van der Waals surface area contributed by atoms with E-state index in [2.05, 4.69) is 15.0 Å². The highest BCUT2D eigenvalue weighted by Gasteiger charge is 2.38. The fourth-order valence-electron chi connectivity index (χ4n) is 5.38. The van der Waals surface area contributed by atoms with Crippen molar-refractivity contribution in [3.05, 3.63) is 94.9 Å². The molecule has 12 heteroatoms. The van der Waals surface area contributed by atoms with Crippen LogP contribution >= 0.6 is 0 Å². The monoisotopic (exact) mass is 597 g/mol. The second-order valence-corrected chi connectivity index (χ2v) is 11.6. The van der Waals surface area contributed by atoms with Gasteiger partial charge in [0.25, 0.3) is 0 Å².